The van der Waals surface area contributed by atoms with Crippen LogP contribution >= 0.6 is 0 Å². The molecule has 14 atom stereocenters. The Kier molecular flexibility index (Phi) is 43.8. The predicted octanol–water partition coefficient (Wildman–Crippen LogP) is 2.93. The third-order valence-electron chi connectivity index (χ3n) is 15.4. The molecule has 0 unspecified atom stereocenters. The highest BCUT2D eigenvalue weighted by atomic mass is 16.4. The van der Waals surface area contributed by atoms with Crippen molar-refractivity contribution in [3.05, 3.63) is 0 Å². The number of hydrogen-bond donors (Lipinski definition) is 16. The topological polar surface area (TPSA) is 447 Å². The number of amides is 10. The Morgan fingerprint density at radius 2 is 0.438 bits per heavy atom. The summed E-state index contributed by atoms with van der Waals surface area (Å²) in [6.45, 7) is 39.6. The molecule has 0 aromatic heterocycles. The van der Waals surface area contributed by atoms with E-state index in [1.54, 1.807) is 55.4 Å². The minimum atomic E-state index is -1.33. The molecule has 0 aliphatic carbocycles. The molecule has 28 heteroatoms. The summed E-state index contributed by atoms with van der Waals surface area (Å²) >= 11 is 0. The number of hydrogen-bond acceptors (Lipinski definition) is 16. The number of aliphatic hydroxyl groups excluding tert-OH is 4. The van der Waals surface area contributed by atoms with Gasteiger partial charge in [-0.2, -0.15) is 0 Å². The Hall–Kier alpha value is -6.52. The number of carbonyl (C=O) groups excluding carboxylic acids is 10. The monoisotopic (exact) mass is 1370 g/mol. The third kappa shape index (κ3) is 39.0. The number of nitrogens with one attached hydrogen (secondary N) is 10. The minimum absolute atomic E-state index is 0.0152. The van der Waals surface area contributed by atoms with Gasteiger partial charge in [-0.15, -0.1) is 0 Å². The molecule has 0 saturated heterocycles. The van der Waals surface area contributed by atoms with Gasteiger partial charge >= 0.3 is 11.9 Å². The molecule has 0 fully saturated rings. The van der Waals surface area contributed by atoms with Gasteiger partial charge < -0.3 is 83.8 Å². The SMILES string of the molecule is CC(C)CC(=O)N[C@H](C(=O)N[C@H](C(=O)N[C@@H](CC(C)C)[C@@H](O)CC(=O)N[C@@H](C)C(=O)N[C@@H](CC(C)C)[C@@H](O)CC(=O)O)C(C)C)C(C)C.CC(C)CC(=O)N[C@H](C(=O)N[C@H](C(=O)N[C@@H](CC(C)C)[C@@H](O)CC(=O)N[C@@H](C)C(=O)N[C@@H](CC(C)C)[C@@H](O)CC(=O)O)C(C)C)C(C)C. The molecule has 0 heterocycles. The zero-order valence-corrected chi connectivity index (χ0v) is 61.5. The zero-order chi connectivity index (χ0) is 74.9. The maximum absolute atomic E-state index is 13.5. The zero-order valence-electron chi connectivity index (χ0n) is 61.5. The minimum Gasteiger partial charge on any atom is -0.481 e. The molecule has 96 heavy (non-hydrogen) atoms. The van der Waals surface area contributed by atoms with E-state index in [-0.39, 0.29) is 83.8 Å². The fraction of sp³-hybridized carbons (Fsp3) is 0.824. The highest BCUT2D eigenvalue weighted by Gasteiger charge is 2.37. The van der Waals surface area contributed by atoms with Crippen molar-refractivity contribution in [1.29, 1.82) is 0 Å². The van der Waals surface area contributed by atoms with Gasteiger partial charge in [0.1, 0.15) is 36.3 Å². The van der Waals surface area contributed by atoms with Crippen molar-refractivity contribution in [2.24, 2.45) is 59.2 Å². The first-order valence-corrected chi connectivity index (χ1v) is 34.3. The van der Waals surface area contributed by atoms with E-state index in [2.05, 4.69) is 53.2 Å². The Bertz CT molecular complexity index is 2290. The summed E-state index contributed by atoms with van der Waals surface area (Å²) in [6.07, 6.45) is -5.53. The average Bonchev–Trinajstić information content (AvgIpc) is 0.881. The Morgan fingerprint density at radius 1 is 0.240 bits per heavy atom. The van der Waals surface area contributed by atoms with Crippen molar-refractivity contribution >= 4 is 71.0 Å². The van der Waals surface area contributed by atoms with Gasteiger partial charge in [0, 0.05) is 12.8 Å². The van der Waals surface area contributed by atoms with Gasteiger partial charge in [0.25, 0.3) is 0 Å². The van der Waals surface area contributed by atoms with Crippen LogP contribution in [0.15, 0.2) is 0 Å². The second-order valence-electron chi connectivity index (χ2n) is 29.7. The van der Waals surface area contributed by atoms with Crippen molar-refractivity contribution in [2.45, 2.75) is 301 Å². The third-order valence-corrected chi connectivity index (χ3v) is 15.4. The first kappa shape index (κ1) is 91.5. The summed E-state index contributed by atoms with van der Waals surface area (Å²) in [6, 6.07) is -9.23. The van der Waals surface area contributed by atoms with Crippen molar-refractivity contribution in [2.75, 3.05) is 0 Å². The van der Waals surface area contributed by atoms with E-state index in [1.807, 2.05) is 83.1 Å². The summed E-state index contributed by atoms with van der Waals surface area (Å²) in [5.74, 6) is -8.50. The van der Waals surface area contributed by atoms with Crippen molar-refractivity contribution in [3.63, 3.8) is 0 Å². The van der Waals surface area contributed by atoms with Gasteiger partial charge in [-0.25, -0.2) is 0 Å². The lowest BCUT2D eigenvalue weighted by Gasteiger charge is -2.31. The van der Waals surface area contributed by atoms with Crippen LogP contribution in [0.4, 0.5) is 0 Å². The molecule has 0 rings (SSSR count). The van der Waals surface area contributed by atoms with Crippen molar-refractivity contribution < 1.29 is 88.2 Å². The smallest absolute Gasteiger partial charge is 0.306 e. The molecule has 28 nitrogen and oxygen atoms in total. The van der Waals surface area contributed by atoms with E-state index >= 15 is 0 Å². The summed E-state index contributed by atoms with van der Waals surface area (Å²) in [5.41, 5.74) is 0. The molecule has 16 N–H and O–H groups in total. The van der Waals surface area contributed by atoms with Crippen molar-refractivity contribution in [1.82, 2.24) is 53.2 Å². The lowest BCUT2D eigenvalue weighted by atomic mass is 9.95. The van der Waals surface area contributed by atoms with E-state index in [9.17, 15) is 78.0 Å². The summed E-state index contributed by atoms with van der Waals surface area (Å²) < 4.78 is 0. The Balaban J connectivity index is 0. The largest absolute Gasteiger partial charge is 0.481 e. The summed E-state index contributed by atoms with van der Waals surface area (Å²) in [5, 5.41) is 87.7. The lowest BCUT2D eigenvalue weighted by Crippen LogP contribution is -2.59. The van der Waals surface area contributed by atoms with E-state index < -0.39 is 170 Å². The summed E-state index contributed by atoms with van der Waals surface area (Å²) in [7, 11) is 0. The number of aliphatic hydroxyl groups is 4. The van der Waals surface area contributed by atoms with E-state index in [4.69, 9.17) is 10.2 Å². The second kappa shape index (κ2) is 45.9. The highest BCUT2D eigenvalue weighted by Crippen LogP contribution is 2.18. The molecule has 0 aromatic carbocycles. The van der Waals surface area contributed by atoms with Crippen LogP contribution in [0.3, 0.4) is 0 Å². The van der Waals surface area contributed by atoms with Crippen LogP contribution in [0.2, 0.25) is 0 Å². The molecular formula is C68H126N10O18. The molecule has 0 aromatic rings. The number of carboxylic acid groups (broad SMARTS) is 2. The molecule has 0 saturated carbocycles. The van der Waals surface area contributed by atoms with Crippen molar-refractivity contribution in [3.8, 4) is 0 Å². The second-order valence-corrected chi connectivity index (χ2v) is 29.7. The van der Waals surface area contributed by atoms with Gasteiger partial charge in [-0.05, 0) is 98.7 Å². The van der Waals surface area contributed by atoms with Crippen LogP contribution in [0, 0.1) is 59.2 Å². The fourth-order valence-electron chi connectivity index (χ4n) is 10.3. The van der Waals surface area contributed by atoms with Crippen LogP contribution in [0.1, 0.15) is 217 Å². The standard InChI is InChI=1S/2C34H63N5O9/c2*1-17(2)12-23(37-33(47)31(21(9)10)39-34(48)30(20(7)8)38-27(42)14-19(5)6)25(40)15-28(43)35-22(11)32(46)36-24(13-18(3)4)26(41)16-29(44)45/h2*17-26,30-31,40-41H,12-16H2,1-11H3,(H,35,43)(H,36,46)(H,37,47)(H,38,42)(H,39,48)(H,44,45)/t2*22-,23-,24-,25-,26-,30-,31-/m00/s1. The Morgan fingerprint density at radius 3 is 0.646 bits per heavy atom. The first-order valence-electron chi connectivity index (χ1n) is 34.3. The van der Waals surface area contributed by atoms with Crippen LogP contribution in [0.5, 0.6) is 0 Å². The normalized spacial score (nSPS) is 16.1. The number of carboxylic acids is 2. The first-order chi connectivity index (χ1) is 44.1. The molecular weight excluding hydrogens is 1240 g/mol. The molecule has 0 aliphatic heterocycles. The van der Waals surface area contributed by atoms with Gasteiger partial charge in [-0.3, -0.25) is 57.5 Å². The number of carbonyl (C=O) groups is 12. The molecule has 0 bridgehead atoms. The average molecular weight is 1370 g/mol. The van der Waals surface area contributed by atoms with Gasteiger partial charge in [0.15, 0.2) is 0 Å². The maximum atomic E-state index is 13.5. The molecule has 0 aliphatic rings. The van der Waals surface area contributed by atoms with Crippen LogP contribution in [0.25, 0.3) is 0 Å². The fourth-order valence-corrected chi connectivity index (χ4v) is 10.3. The lowest BCUT2D eigenvalue weighted by molar-refractivity contribution is -0.141. The predicted molar refractivity (Wildman–Crippen MR) is 365 cm³/mol. The highest BCUT2D eigenvalue weighted by molar-refractivity contribution is 5.94. The maximum Gasteiger partial charge on any atom is 0.306 e. The van der Waals surface area contributed by atoms with E-state index in [0.29, 0.717) is 25.7 Å². The van der Waals surface area contributed by atoms with Crippen LogP contribution < -0.4 is 53.2 Å². The van der Waals surface area contributed by atoms with Gasteiger partial charge in [-0.1, -0.05) is 138 Å². The van der Waals surface area contributed by atoms with Crippen LogP contribution in [-0.2, 0) is 57.5 Å². The number of rotatable bonds is 44. The molecule has 0 spiro atoms. The number of aliphatic carboxylic acids is 2. The van der Waals surface area contributed by atoms with Gasteiger partial charge in [0.05, 0.1) is 74.3 Å². The van der Waals surface area contributed by atoms with E-state index in [1.165, 1.54) is 13.8 Å². The van der Waals surface area contributed by atoms with E-state index in [0.717, 1.165) is 0 Å². The summed E-state index contributed by atoms with van der Waals surface area (Å²) in [4.78, 5) is 152. The quantitative estimate of drug-likeness (QED) is 0.0417. The van der Waals surface area contributed by atoms with Gasteiger partial charge in [0.2, 0.25) is 59.1 Å². The molecule has 556 valence electrons. The van der Waals surface area contributed by atoms with Crippen LogP contribution in [-0.4, -0.2) is 186 Å². The Labute approximate surface area is 570 Å². The molecule has 10 amide bonds. The molecule has 0 radical (unpaired) electrons.